The van der Waals surface area contributed by atoms with Crippen LogP contribution in [0.25, 0.3) is 11.1 Å². The van der Waals surface area contributed by atoms with Gasteiger partial charge in [-0.3, -0.25) is 0 Å². The Morgan fingerprint density at radius 2 is 1.32 bits per heavy atom. The van der Waals surface area contributed by atoms with Gasteiger partial charge in [0.1, 0.15) is 12.4 Å². The second-order valence-electron chi connectivity index (χ2n) is 10.5. The number of ether oxygens (including phenoxy) is 1. The lowest BCUT2D eigenvalue weighted by atomic mass is 9.74. The third kappa shape index (κ3) is 5.66. The number of nitrogens with two attached hydrogens (primary N) is 1. The van der Waals surface area contributed by atoms with E-state index in [9.17, 15) is 15.3 Å². The fourth-order valence-corrected chi connectivity index (χ4v) is 3.64. The summed E-state index contributed by atoms with van der Waals surface area (Å²) in [4.78, 5) is 0. The molecule has 0 aliphatic heterocycles. The summed E-state index contributed by atoms with van der Waals surface area (Å²) < 4.78 is 6.14. The summed E-state index contributed by atoms with van der Waals surface area (Å²) in [6.45, 7) is 12.4. The summed E-state index contributed by atoms with van der Waals surface area (Å²) in [7, 11) is 0. The van der Waals surface area contributed by atoms with Gasteiger partial charge in [0, 0.05) is 12.1 Å². The maximum Gasteiger partial charge on any atom is 0.127 e. The Morgan fingerprint density at radius 3 is 1.74 bits per heavy atom. The number of hydrogen-bond donors (Lipinski definition) is 4. The monoisotopic (exact) mass is 429 g/mol. The van der Waals surface area contributed by atoms with Crippen molar-refractivity contribution in [1.82, 2.24) is 0 Å². The minimum absolute atomic E-state index is 0.00594. The van der Waals surface area contributed by atoms with E-state index in [0.29, 0.717) is 12.3 Å². The van der Waals surface area contributed by atoms with E-state index in [2.05, 4.69) is 65.8 Å². The van der Waals surface area contributed by atoms with Crippen molar-refractivity contribution in [3.05, 3.63) is 53.1 Å². The number of aliphatic hydroxyl groups excluding tert-OH is 3. The molecule has 5 nitrogen and oxygen atoms in total. The van der Waals surface area contributed by atoms with Crippen molar-refractivity contribution in [3.8, 4) is 16.9 Å². The van der Waals surface area contributed by atoms with Crippen LogP contribution in [0.4, 0.5) is 0 Å². The molecule has 0 spiro atoms. The Hall–Kier alpha value is -1.92. The number of aliphatic hydroxyl groups is 3. The summed E-state index contributed by atoms with van der Waals surface area (Å²) in [5, 5.41) is 29.1. The molecule has 0 saturated heterocycles. The zero-order chi connectivity index (χ0) is 23.4. The average molecular weight is 430 g/mol. The van der Waals surface area contributed by atoms with Crippen LogP contribution in [0.2, 0.25) is 0 Å². The third-order valence-corrected chi connectivity index (χ3v) is 5.77. The predicted octanol–water partition coefficient (Wildman–Crippen LogP) is 3.75. The molecule has 0 aliphatic carbocycles. The van der Waals surface area contributed by atoms with Gasteiger partial charge in [0.2, 0.25) is 0 Å². The Kier molecular flexibility index (Phi) is 7.93. The van der Waals surface area contributed by atoms with E-state index in [1.807, 2.05) is 12.1 Å². The van der Waals surface area contributed by atoms with Crippen molar-refractivity contribution in [2.45, 2.75) is 58.9 Å². The smallest absolute Gasteiger partial charge is 0.127 e. The van der Waals surface area contributed by atoms with Crippen molar-refractivity contribution >= 4 is 0 Å². The maximum atomic E-state index is 9.71. The standard InChI is InChI=1S/C26H39NO4/c1-24(2,3)20-8-7-9-21(25(4,5)6)23(20)19-12-18(13-27)10-11-22(19)31-17-26(14-28,15-29)16-30/h7-12,28-30H,13-17,27H2,1-6H3. The van der Waals surface area contributed by atoms with Gasteiger partial charge in [-0.05, 0) is 45.2 Å². The minimum atomic E-state index is -1.11. The zero-order valence-corrected chi connectivity index (χ0v) is 19.8. The molecule has 0 atom stereocenters. The lowest BCUT2D eigenvalue weighted by molar-refractivity contribution is -0.0257. The maximum absolute atomic E-state index is 9.71. The Balaban J connectivity index is 2.75. The third-order valence-electron chi connectivity index (χ3n) is 5.77. The molecule has 0 amide bonds. The zero-order valence-electron chi connectivity index (χ0n) is 19.8. The molecule has 0 heterocycles. The van der Waals surface area contributed by atoms with Gasteiger partial charge in [-0.15, -0.1) is 0 Å². The molecular formula is C26H39NO4. The average Bonchev–Trinajstić information content (AvgIpc) is 2.73. The lowest BCUT2D eigenvalue weighted by Gasteiger charge is -2.32. The highest BCUT2D eigenvalue weighted by atomic mass is 16.5. The van der Waals surface area contributed by atoms with Crippen molar-refractivity contribution in [2.24, 2.45) is 11.1 Å². The highest BCUT2D eigenvalue weighted by molar-refractivity contribution is 5.79. The molecule has 2 aromatic rings. The van der Waals surface area contributed by atoms with E-state index in [-0.39, 0.29) is 37.3 Å². The minimum Gasteiger partial charge on any atom is -0.492 e. The van der Waals surface area contributed by atoms with Crippen molar-refractivity contribution in [1.29, 1.82) is 0 Å². The van der Waals surface area contributed by atoms with Crippen molar-refractivity contribution < 1.29 is 20.1 Å². The van der Waals surface area contributed by atoms with E-state index in [0.717, 1.165) is 16.7 Å². The quantitative estimate of drug-likeness (QED) is 0.513. The SMILES string of the molecule is CC(C)(C)c1cccc(C(C)(C)C)c1-c1cc(CN)ccc1OCC(CO)(CO)CO. The Morgan fingerprint density at radius 1 is 0.806 bits per heavy atom. The topological polar surface area (TPSA) is 95.9 Å². The van der Waals surface area contributed by atoms with Crippen LogP contribution in [0.15, 0.2) is 36.4 Å². The van der Waals surface area contributed by atoms with Crippen LogP contribution in [-0.2, 0) is 17.4 Å². The fraction of sp³-hybridized carbons (Fsp3) is 0.538. The van der Waals surface area contributed by atoms with Crippen LogP contribution in [0.1, 0.15) is 58.2 Å². The Bertz CT molecular complexity index is 833. The van der Waals surface area contributed by atoms with Gasteiger partial charge in [-0.1, -0.05) is 65.8 Å². The summed E-state index contributed by atoms with van der Waals surface area (Å²) in [5.41, 5.74) is 10.1. The molecule has 0 fully saturated rings. The summed E-state index contributed by atoms with van der Waals surface area (Å²) in [6, 6.07) is 12.3. The Labute approximate surface area is 186 Å². The highest BCUT2D eigenvalue weighted by Crippen LogP contribution is 2.44. The van der Waals surface area contributed by atoms with Crippen LogP contribution >= 0.6 is 0 Å². The number of benzene rings is 2. The first-order valence-electron chi connectivity index (χ1n) is 10.8. The predicted molar refractivity (Wildman–Crippen MR) is 126 cm³/mol. The first-order chi connectivity index (χ1) is 14.4. The number of rotatable bonds is 8. The molecular weight excluding hydrogens is 390 g/mol. The van der Waals surface area contributed by atoms with Crippen LogP contribution in [0.5, 0.6) is 5.75 Å². The van der Waals surface area contributed by atoms with Gasteiger partial charge in [0.05, 0.1) is 25.2 Å². The lowest BCUT2D eigenvalue weighted by Crippen LogP contribution is -2.39. The van der Waals surface area contributed by atoms with Gasteiger partial charge >= 0.3 is 0 Å². The first-order valence-corrected chi connectivity index (χ1v) is 10.8. The molecule has 2 aromatic carbocycles. The van der Waals surface area contributed by atoms with Crippen molar-refractivity contribution in [3.63, 3.8) is 0 Å². The molecule has 5 heteroatoms. The molecule has 0 saturated carbocycles. The van der Waals surface area contributed by atoms with E-state index >= 15 is 0 Å². The van der Waals surface area contributed by atoms with Crippen LogP contribution in [0, 0.1) is 5.41 Å². The molecule has 0 aliphatic rings. The first kappa shape index (κ1) is 25.3. The van der Waals surface area contributed by atoms with Gasteiger partial charge in [-0.2, -0.15) is 0 Å². The summed E-state index contributed by atoms with van der Waals surface area (Å²) in [6.07, 6.45) is 0. The van der Waals surface area contributed by atoms with E-state index in [1.165, 1.54) is 11.1 Å². The van der Waals surface area contributed by atoms with Crippen LogP contribution in [-0.4, -0.2) is 41.7 Å². The molecule has 5 N–H and O–H groups in total. The molecule has 0 unspecified atom stereocenters. The van der Waals surface area contributed by atoms with E-state index in [4.69, 9.17) is 10.5 Å². The van der Waals surface area contributed by atoms with Gasteiger partial charge in [0.25, 0.3) is 0 Å². The molecule has 0 radical (unpaired) electrons. The highest BCUT2D eigenvalue weighted by Gasteiger charge is 2.31. The normalized spacial score (nSPS) is 12.8. The second-order valence-corrected chi connectivity index (χ2v) is 10.5. The van der Waals surface area contributed by atoms with Crippen LogP contribution in [0.3, 0.4) is 0 Å². The van der Waals surface area contributed by atoms with E-state index in [1.54, 1.807) is 0 Å². The summed E-state index contributed by atoms with van der Waals surface area (Å²) in [5.74, 6) is 0.638. The number of hydrogen-bond acceptors (Lipinski definition) is 5. The van der Waals surface area contributed by atoms with Gasteiger partial charge < -0.3 is 25.8 Å². The van der Waals surface area contributed by atoms with Gasteiger partial charge in [0.15, 0.2) is 0 Å². The molecule has 31 heavy (non-hydrogen) atoms. The molecule has 172 valence electrons. The second kappa shape index (κ2) is 9.70. The van der Waals surface area contributed by atoms with Gasteiger partial charge in [-0.25, -0.2) is 0 Å². The molecule has 0 bridgehead atoms. The fourth-order valence-electron chi connectivity index (χ4n) is 3.64. The van der Waals surface area contributed by atoms with Crippen LogP contribution < -0.4 is 10.5 Å². The molecule has 2 rings (SSSR count). The molecule has 0 aromatic heterocycles. The van der Waals surface area contributed by atoms with E-state index < -0.39 is 5.41 Å². The van der Waals surface area contributed by atoms with Crippen molar-refractivity contribution in [2.75, 3.05) is 26.4 Å². The summed E-state index contributed by atoms with van der Waals surface area (Å²) >= 11 is 0. The largest absolute Gasteiger partial charge is 0.492 e.